The van der Waals surface area contributed by atoms with Gasteiger partial charge in [0.1, 0.15) is 11.4 Å². The van der Waals surface area contributed by atoms with Crippen molar-refractivity contribution in [3.63, 3.8) is 0 Å². The standard InChI is InChI=1S/C26H33N3O6/c1-17-14-21(34-16-22(30)31)15-18(2)23(17)27-24(32)19-6-8-20(9-7-19)28-10-12-29(13-11-28)25(33)35-26(3,4)5/h6-9,14-15H,10-13,16H2,1-5H3,(H,27,32)(H,30,31). The third-order valence-electron chi connectivity index (χ3n) is 5.53. The highest BCUT2D eigenvalue weighted by Gasteiger charge is 2.26. The van der Waals surface area contributed by atoms with Gasteiger partial charge in [0.05, 0.1) is 0 Å². The monoisotopic (exact) mass is 483 g/mol. The molecule has 3 rings (SSSR count). The molecule has 9 nitrogen and oxygen atoms in total. The number of nitrogens with one attached hydrogen (secondary N) is 1. The Morgan fingerprint density at radius 2 is 1.54 bits per heavy atom. The van der Waals surface area contributed by atoms with Crippen molar-refractivity contribution in [1.82, 2.24) is 4.90 Å². The Morgan fingerprint density at radius 3 is 2.06 bits per heavy atom. The summed E-state index contributed by atoms with van der Waals surface area (Å²) in [7, 11) is 0. The van der Waals surface area contributed by atoms with Gasteiger partial charge in [-0.05, 0) is 82.1 Å². The maximum Gasteiger partial charge on any atom is 0.410 e. The van der Waals surface area contributed by atoms with Gasteiger partial charge in [0.15, 0.2) is 6.61 Å². The smallest absolute Gasteiger partial charge is 0.410 e. The summed E-state index contributed by atoms with van der Waals surface area (Å²) in [6, 6.07) is 10.8. The van der Waals surface area contributed by atoms with Crippen molar-refractivity contribution in [3.05, 3.63) is 53.1 Å². The molecule has 9 heteroatoms. The minimum Gasteiger partial charge on any atom is -0.482 e. The summed E-state index contributed by atoms with van der Waals surface area (Å²) < 4.78 is 10.7. The molecule has 2 aromatic carbocycles. The van der Waals surface area contributed by atoms with Crippen molar-refractivity contribution in [2.24, 2.45) is 0 Å². The van der Waals surface area contributed by atoms with Crippen LogP contribution < -0.4 is 15.0 Å². The number of hydrogen-bond donors (Lipinski definition) is 2. The van der Waals surface area contributed by atoms with E-state index in [2.05, 4.69) is 10.2 Å². The van der Waals surface area contributed by atoms with Gasteiger partial charge in [-0.2, -0.15) is 0 Å². The van der Waals surface area contributed by atoms with E-state index in [0.717, 1.165) is 16.8 Å². The van der Waals surface area contributed by atoms with Crippen LogP contribution >= 0.6 is 0 Å². The topological polar surface area (TPSA) is 108 Å². The lowest BCUT2D eigenvalue weighted by Gasteiger charge is -2.36. The molecule has 2 amide bonds. The highest BCUT2D eigenvalue weighted by Crippen LogP contribution is 2.27. The molecular weight excluding hydrogens is 450 g/mol. The summed E-state index contributed by atoms with van der Waals surface area (Å²) in [5, 5.41) is 11.7. The number of anilines is 2. The van der Waals surface area contributed by atoms with E-state index in [-0.39, 0.29) is 12.0 Å². The number of hydrogen-bond acceptors (Lipinski definition) is 6. The molecule has 0 spiro atoms. The summed E-state index contributed by atoms with van der Waals surface area (Å²) in [6.07, 6.45) is -0.295. The molecule has 1 fully saturated rings. The summed E-state index contributed by atoms with van der Waals surface area (Å²) in [4.78, 5) is 39.7. The van der Waals surface area contributed by atoms with Crippen molar-refractivity contribution < 1.29 is 29.0 Å². The maximum atomic E-state index is 12.8. The van der Waals surface area contributed by atoms with Crippen LogP contribution in [0.25, 0.3) is 0 Å². The summed E-state index contributed by atoms with van der Waals surface area (Å²) in [6.45, 7) is 11.3. The fraction of sp³-hybridized carbons (Fsp3) is 0.423. The van der Waals surface area contributed by atoms with Crippen LogP contribution in [0.15, 0.2) is 36.4 Å². The van der Waals surface area contributed by atoms with Crippen LogP contribution in [0.1, 0.15) is 42.3 Å². The molecule has 2 N–H and O–H groups in total. The van der Waals surface area contributed by atoms with Crippen molar-refractivity contribution in [1.29, 1.82) is 0 Å². The van der Waals surface area contributed by atoms with Crippen molar-refractivity contribution >= 4 is 29.3 Å². The van der Waals surface area contributed by atoms with E-state index in [1.54, 1.807) is 29.2 Å². The Hall–Kier alpha value is -3.75. The van der Waals surface area contributed by atoms with Gasteiger partial charge < -0.3 is 29.7 Å². The van der Waals surface area contributed by atoms with Gasteiger partial charge in [0.2, 0.25) is 0 Å². The molecule has 2 aromatic rings. The first kappa shape index (κ1) is 25.9. The molecule has 1 aliphatic rings. The number of carboxylic acid groups (broad SMARTS) is 1. The average Bonchev–Trinajstić information content (AvgIpc) is 2.79. The zero-order chi connectivity index (χ0) is 25.8. The largest absolute Gasteiger partial charge is 0.482 e. The van der Waals surface area contributed by atoms with Gasteiger partial charge in [-0.15, -0.1) is 0 Å². The number of carboxylic acids is 1. The van der Waals surface area contributed by atoms with Crippen LogP contribution in [0, 0.1) is 13.8 Å². The average molecular weight is 484 g/mol. The molecule has 0 aliphatic carbocycles. The van der Waals surface area contributed by atoms with E-state index in [4.69, 9.17) is 14.6 Å². The highest BCUT2D eigenvalue weighted by molar-refractivity contribution is 6.05. The molecular formula is C26H33N3O6. The number of piperazine rings is 1. The number of carbonyl (C=O) groups is 3. The van der Waals surface area contributed by atoms with E-state index in [1.165, 1.54) is 0 Å². The lowest BCUT2D eigenvalue weighted by Crippen LogP contribution is -2.50. The number of amides is 2. The van der Waals surface area contributed by atoms with Crippen molar-refractivity contribution in [2.75, 3.05) is 43.0 Å². The first-order valence-electron chi connectivity index (χ1n) is 11.5. The van der Waals surface area contributed by atoms with Crippen LogP contribution in [0.4, 0.5) is 16.2 Å². The molecule has 1 saturated heterocycles. The Morgan fingerprint density at radius 1 is 0.971 bits per heavy atom. The van der Waals surface area contributed by atoms with Gasteiger partial charge in [-0.25, -0.2) is 9.59 Å². The number of benzene rings is 2. The molecule has 0 saturated carbocycles. The molecule has 0 unspecified atom stereocenters. The molecule has 35 heavy (non-hydrogen) atoms. The molecule has 0 radical (unpaired) electrons. The maximum absolute atomic E-state index is 12.8. The second-order valence-electron chi connectivity index (χ2n) is 9.57. The summed E-state index contributed by atoms with van der Waals surface area (Å²) >= 11 is 0. The number of nitrogens with zero attached hydrogens (tertiary/aromatic N) is 2. The predicted octanol–water partition coefficient (Wildman–Crippen LogP) is 4.08. The minimum absolute atomic E-state index is 0.239. The lowest BCUT2D eigenvalue weighted by atomic mass is 10.1. The van der Waals surface area contributed by atoms with Crippen molar-refractivity contribution in [3.8, 4) is 5.75 Å². The highest BCUT2D eigenvalue weighted by atomic mass is 16.6. The van der Waals surface area contributed by atoms with Gasteiger partial charge in [0.25, 0.3) is 5.91 Å². The molecule has 0 aromatic heterocycles. The zero-order valence-corrected chi connectivity index (χ0v) is 20.9. The number of ether oxygens (including phenoxy) is 2. The molecule has 0 bridgehead atoms. The Kier molecular flexibility index (Phi) is 7.89. The van der Waals surface area contributed by atoms with Gasteiger partial charge in [-0.1, -0.05) is 0 Å². The van der Waals surface area contributed by atoms with E-state index in [0.29, 0.717) is 43.2 Å². The fourth-order valence-corrected chi connectivity index (χ4v) is 3.83. The normalized spacial score (nSPS) is 13.9. The van der Waals surface area contributed by atoms with Gasteiger partial charge in [-0.3, -0.25) is 4.79 Å². The first-order chi connectivity index (χ1) is 16.4. The lowest BCUT2D eigenvalue weighted by molar-refractivity contribution is -0.139. The molecule has 188 valence electrons. The summed E-state index contributed by atoms with van der Waals surface area (Å²) in [5.41, 5.74) is 3.21. The molecule has 1 aliphatic heterocycles. The van der Waals surface area contributed by atoms with E-state index in [1.807, 2.05) is 46.8 Å². The number of rotatable bonds is 6. The molecule has 0 atom stereocenters. The van der Waals surface area contributed by atoms with E-state index in [9.17, 15) is 14.4 Å². The van der Waals surface area contributed by atoms with E-state index < -0.39 is 18.2 Å². The third kappa shape index (κ3) is 7.11. The fourth-order valence-electron chi connectivity index (χ4n) is 3.83. The summed E-state index contributed by atoms with van der Waals surface area (Å²) in [5.74, 6) is -0.848. The first-order valence-corrected chi connectivity index (χ1v) is 11.5. The number of carbonyl (C=O) groups excluding carboxylic acids is 2. The number of aliphatic carboxylic acids is 1. The molecule has 1 heterocycles. The quantitative estimate of drug-likeness (QED) is 0.637. The van der Waals surface area contributed by atoms with Crippen LogP contribution in [0.3, 0.4) is 0 Å². The van der Waals surface area contributed by atoms with Gasteiger partial charge >= 0.3 is 12.1 Å². The second-order valence-corrected chi connectivity index (χ2v) is 9.57. The SMILES string of the molecule is Cc1cc(OCC(=O)O)cc(C)c1NC(=O)c1ccc(N2CCN(C(=O)OC(C)(C)C)CC2)cc1. The van der Waals surface area contributed by atoms with Crippen molar-refractivity contribution in [2.45, 2.75) is 40.2 Å². The van der Waals surface area contributed by atoms with E-state index >= 15 is 0 Å². The third-order valence-corrected chi connectivity index (χ3v) is 5.53. The Balaban J connectivity index is 1.59. The van der Waals surface area contributed by atoms with Crippen LogP contribution in [-0.4, -0.2) is 66.4 Å². The minimum atomic E-state index is -1.05. The van der Waals surface area contributed by atoms with Crippen LogP contribution in [-0.2, 0) is 9.53 Å². The zero-order valence-electron chi connectivity index (χ0n) is 20.9. The van der Waals surface area contributed by atoms with Gasteiger partial charge in [0, 0.05) is 43.1 Å². The van der Waals surface area contributed by atoms with Crippen LogP contribution in [0.5, 0.6) is 5.75 Å². The predicted molar refractivity (Wildman–Crippen MR) is 133 cm³/mol. The second kappa shape index (κ2) is 10.7. The number of aryl methyl sites for hydroxylation is 2. The van der Waals surface area contributed by atoms with Crippen LogP contribution in [0.2, 0.25) is 0 Å². The Bertz CT molecular complexity index is 1060. The Labute approximate surface area is 205 Å².